The number of likely N-dealkylation sites (tertiary alicyclic amines) is 1. The number of benzene rings is 1. The minimum Gasteiger partial charge on any atom is -1.00 e. The summed E-state index contributed by atoms with van der Waals surface area (Å²) in [7, 11) is 1.95. The number of para-hydroxylation sites is 1. The zero-order valence-corrected chi connectivity index (χ0v) is 19.1. The summed E-state index contributed by atoms with van der Waals surface area (Å²) in [5.74, 6) is 0.153. The Kier molecular flexibility index (Phi) is 7.84. The molecule has 0 saturated carbocycles. The quantitative estimate of drug-likeness (QED) is 0.668. The Morgan fingerprint density at radius 2 is 1.86 bits per heavy atom. The zero-order chi connectivity index (χ0) is 19.4. The van der Waals surface area contributed by atoms with Crippen molar-refractivity contribution in [1.29, 1.82) is 0 Å². The van der Waals surface area contributed by atoms with Gasteiger partial charge in [-0.15, -0.1) is 0 Å². The number of nitrogens with one attached hydrogen (secondary N) is 1. The smallest absolute Gasteiger partial charge is 0.282 e. The van der Waals surface area contributed by atoms with Crippen LogP contribution in [0.25, 0.3) is 0 Å². The maximum absolute atomic E-state index is 13.4. The van der Waals surface area contributed by atoms with Crippen molar-refractivity contribution >= 4 is 11.6 Å². The molecule has 3 rings (SSSR count). The lowest BCUT2D eigenvalue weighted by molar-refractivity contribution is -0.959. The number of aromatic nitrogens is 2. The molecule has 6 heteroatoms. The van der Waals surface area contributed by atoms with Crippen LogP contribution >= 0.6 is 0 Å². The summed E-state index contributed by atoms with van der Waals surface area (Å²) in [6.07, 6.45) is 8.52. The molecule has 0 radical (unpaired) electrons. The van der Waals surface area contributed by atoms with Gasteiger partial charge in [0.1, 0.15) is 6.54 Å². The van der Waals surface area contributed by atoms with E-state index in [4.69, 9.17) is 0 Å². The van der Waals surface area contributed by atoms with E-state index in [-0.39, 0.29) is 28.9 Å². The van der Waals surface area contributed by atoms with Gasteiger partial charge in [-0.2, -0.15) is 5.10 Å². The molecule has 1 aromatic heterocycles. The fourth-order valence-corrected chi connectivity index (χ4v) is 4.68. The van der Waals surface area contributed by atoms with E-state index in [0.29, 0.717) is 0 Å². The number of halogens is 1. The van der Waals surface area contributed by atoms with Crippen molar-refractivity contribution in [1.82, 2.24) is 9.78 Å². The molecule has 1 N–H and O–H groups in total. The summed E-state index contributed by atoms with van der Waals surface area (Å²) >= 11 is 0. The number of hydrogen-bond acceptors (Lipinski definition) is 2. The van der Waals surface area contributed by atoms with Gasteiger partial charge in [-0.1, -0.05) is 25.1 Å². The lowest BCUT2D eigenvalue weighted by atomic mass is 9.99. The maximum Gasteiger partial charge on any atom is 0.282 e. The summed E-state index contributed by atoms with van der Waals surface area (Å²) in [5, 5.41) is 7.61. The molecule has 5 nitrogen and oxygen atoms in total. The zero-order valence-electron chi connectivity index (χ0n) is 17.5. The normalized spacial score (nSPS) is 16.9. The molecule has 2 heterocycles. The first-order chi connectivity index (χ1) is 12.9. The van der Waals surface area contributed by atoms with Crippen molar-refractivity contribution in [3.63, 3.8) is 0 Å². The van der Waals surface area contributed by atoms with Crippen molar-refractivity contribution in [3.05, 3.63) is 47.3 Å². The molecule has 0 aliphatic carbocycles. The number of hydrogen-bond donors (Lipinski definition) is 1. The van der Waals surface area contributed by atoms with E-state index < -0.39 is 0 Å². The first kappa shape index (κ1) is 22.6. The average molecular weight is 449 g/mol. The lowest BCUT2D eigenvalue weighted by Gasteiger charge is -2.46. The summed E-state index contributed by atoms with van der Waals surface area (Å²) in [6, 6.07) is 6.12. The van der Waals surface area contributed by atoms with Crippen LogP contribution < -0.4 is 22.3 Å². The number of aryl methyl sites for hydroxylation is 3. The minimum absolute atomic E-state index is 0. The first-order valence-corrected chi connectivity index (χ1v) is 10.2. The number of rotatable bonds is 6. The highest BCUT2D eigenvalue weighted by atomic mass is 79.9. The molecular formula is C22H33BrN4O. The van der Waals surface area contributed by atoms with E-state index in [9.17, 15) is 4.79 Å². The third-order valence-electron chi connectivity index (χ3n) is 6.04. The second-order valence-corrected chi connectivity index (χ2v) is 8.09. The number of anilines is 1. The van der Waals surface area contributed by atoms with Gasteiger partial charge in [0.15, 0.2) is 6.04 Å². The Labute approximate surface area is 179 Å². The van der Waals surface area contributed by atoms with Gasteiger partial charge >= 0.3 is 0 Å². The van der Waals surface area contributed by atoms with Gasteiger partial charge in [0.05, 0.1) is 19.3 Å². The Hall–Kier alpha value is -1.66. The van der Waals surface area contributed by atoms with Crippen LogP contribution in [0.5, 0.6) is 0 Å². The van der Waals surface area contributed by atoms with Crippen molar-refractivity contribution in [2.75, 3.05) is 18.4 Å². The van der Waals surface area contributed by atoms with Crippen LogP contribution in [0.15, 0.2) is 30.6 Å². The third kappa shape index (κ3) is 4.84. The van der Waals surface area contributed by atoms with E-state index >= 15 is 0 Å². The molecule has 154 valence electrons. The highest BCUT2D eigenvalue weighted by Crippen LogP contribution is 2.30. The molecular weight excluding hydrogens is 416 g/mol. The van der Waals surface area contributed by atoms with Gasteiger partial charge in [-0.05, 0) is 44.2 Å². The van der Waals surface area contributed by atoms with Gasteiger partial charge in [-0.3, -0.25) is 9.48 Å². The van der Waals surface area contributed by atoms with Crippen LogP contribution in [-0.4, -0.2) is 39.3 Å². The van der Waals surface area contributed by atoms with Crippen LogP contribution in [0.3, 0.4) is 0 Å². The largest absolute Gasteiger partial charge is 1.00 e. The molecule has 1 atom stereocenters. The predicted molar refractivity (Wildman–Crippen MR) is 109 cm³/mol. The van der Waals surface area contributed by atoms with E-state index in [1.54, 1.807) is 0 Å². The van der Waals surface area contributed by atoms with E-state index in [1.807, 2.05) is 24.0 Å². The molecule has 2 aromatic rings. The number of amides is 1. The number of carbonyl (C=O) groups is 1. The van der Waals surface area contributed by atoms with Gasteiger partial charge in [0, 0.05) is 30.9 Å². The highest BCUT2D eigenvalue weighted by Gasteiger charge is 2.42. The summed E-state index contributed by atoms with van der Waals surface area (Å²) < 4.78 is 2.70. The third-order valence-corrected chi connectivity index (χ3v) is 6.04. The molecule has 0 spiro atoms. The van der Waals surface area contributed by atoms with Gasteiger partial charge in [0.2, 0.25) is 0 Å². The second-order valence-electron chi connectivity index (χ2n) is 8.09. The Morgan fingerprint density at radius 3 is 2.39 bits per heavy atom. The fraction of sp³-hybridized carbons (Fsp3) is 0.545. The monoisotopic (exact) mass is 448 g/mol. The topological polar surface area (TPSA) is 46.9 Å². The van der Waals surface area contributed by atoms with Crippen molar-refractivity contribution in [3.8, 4) is 0 Å². The molecule has 1 unspecified atom stereocenters. The van der Waals surface area contributed by atoms with Crippen LogP contribution in [0.4, 0.5) is 5.69 Å². The number of carbonyl (C=O) groups excluding carboxylic acids is 1. The van der Waals surface area contributed by atoms with E-state index in [2.05, 4.69) is 49.5 Å². The fourth-order valence-electron chi connectivity index (χ4n) is 4.68. The van der Waals surface area contributed by atoms with Crippen molar-refractivity contribution in [2.24, 2.45) is 7.05 Å². The maximum atomic E-state index is 13.4. The lowest BCUT2D eigenvalue weighted by Crippen LogP contribution is -3.00. The summed E-state index contributed by atoms with van der Waals surface area (Å²) in [6.45, 7) is 9.27. The molecule has 1 amide bonds. The number of quaternary nitrogens is 1. The van der Waals surface area contributed by atoms with Crippen LogP contribution in [-0.2, 0) is 18.4 Å². The predicted octanol–water partition coefficient (Wildman–Crippen LogP) is 0.959. The second kappa shape index (κ2) is 9.70. The first-order valence-electron chi connectivity index (χ1n) is 10.2. The molecule has 1 saturated heterocycles. The van der Waals surface area contributed by atoms with Crippen molar-refractivity contribution in [2.45, 2.75) is 59.0 Å². The van der Waals surface area contributed by atoms with Crippen LogP contribution in [0.2, 0.25) is 0 Å². The SMILES string of the molecule is CCC(C(=O)Nc1c(C)cccc1C)[N+]1(Cc2cnn(C)c2)CCCCC1.[Br-]. The Bertz CT molecular complexity index is 775. The summed E-state index contributed by atoms with van der Waals surface area (Å²) in [4.78, 5) is 13.4. The average Bonchev–Trinajstić information content (AvgIpc) is 3.04. The Morgan fingerprint density at radius 1 is 1.21 bits per heavy atom. The molecule has 0 bridgehead atoms. The summed E-state index contributed by atoms with van der Waals surface area (Å²) in [5.41, 5.74) is 4.43. The molecule has 1 fully saturated rings. The number of nitrogens with zero attached hydrogens (tertiary/aromatic N) is 3. The number of piperidine rings is 1. The highest BCUT2D eigenvalue weighted by molar-refractivity contribution is 5.95. The molecule has 1 aliphatic heterocycles. The van der Waals surface area contributed by atoms with E-state index in [1.165, 1.54) is 24.8 Å². The van der Waals surface area contributed by atoms with Gasteiger partial charge in [-0.25, -0.2) is 0 Å². The molecule has 1 aromatic carbocycles. The van der Waals surface area contributed by atoms with Gasteiger partial charge in [0.25, 0.3) is 5.91 Å². The molecule has 28 heavy (non-hydrogen) atoms. The van der Waals surface area contributed by atoms with Crippen molar-refractivity contribution < 1.29 is 26.3 Å². The molecule has 1 aliphatic rings. The standard InChI is InChI=1S/C22H32N4O.BrH/c1-5-20(22(27)24-21-17(2)10-9-11-18(21)3)26(12-7-6-8-13-26)16-19-14-23-25(4)15-19;/h9-11,14-15,20H,5-8,12-13,16H2,1-4H3;1H. The van der Waals surface area contributed by atoms with Crippen LogP contribution in [0.1, 0.15) is 49.3 Å². The minimum atomic E-state index is -0.0375. The van der Waals surface area contributed by atoms with Crippen LogP contribution in [0, 0.1) is 13.8 Å². The Balaban J connectivity index is 0.00000280. The van der Waals surface area contributed by atoms with E-state index in [0.717, 1.165) is 47.4 Å². The van der Waals surface area contributed by atoms with Gasteiger partial charge < -0.3 is 26.8 Å².